The molecule has 31 heavy (non-hydrogen) atoms. The molecule has 160 valence electrons. The van der Waals surface area contributed by atoms with Gasteiger partial charge in [0.05, 0.1) is 12.7 Å². The van der Waals surface area contributed by atoms with Crippen molar-refractivity contribution in [3.05, 3.63) is 74.1 Å². The van der Waals surface area contributed by atoms with Crippen molar-refractivity contribution >= 4 is 38.2 Å². The summed E-state index contributed by atoms with van der Waals surface area (Å²) in [5, 5.41) is 17.9. The number of benzene rings is 2. The number of fused-ring (bicyclic) bond motifs is 3. The summed E-state index contributed by atoms with van der Waals surface area (Å²) in [4.78, 5) is 16.7. The molecule has 0 bridgehead atoms. The smallest absolute Gasteiger partial charge is 0.256 e. The summed E-state index contributed by atoms with van der Waals surface area (Å²) in [5.74, 6) is 0.265. The second-order valence-corrected chi connectivity index (χ2v) is 9.77. The molecule has 3 heterocycles. The van der Waals surface area contributed by atoms with Crippen LogP contribution in [0.25, 0.3) is 0 Å². The number of amides is 1. The fourth-order valence-corrected chi connectivity index (χ4v) is 6.04. The van der Waals surface area contributed by atoms with Gasteiger partial charge in [-0.15, -0.1) is 11.3 Å². The normalized spacial score (nSPS) is 18.0. The Morgan fingerprint density at radius 3 is 2.84 bits per heavy atom. The predicted molar refractivity (Wildman–Crippen MR) is 125 cm³/mol. The minimum absolute atomic E-state index is 0.0160. The maximum atomic E-state index is 13.0. The van der Waals surface area contributed by atoms with Gasteiger partial charge in [0.15, 0.2) is 11.5 Å². The Labute approximate surface area is 193 Å². The van der Waals surface area contributed by atoms with Crippen molar-refractivity contribution < 1.29 is 14.6 Å². The zero-order valence-electron chi connectivity index (χ0n) is 16.9. The molecule has 5 rings (SSSR count). The van der Waals surface area contributed by atoms with E-state index in [1.54, 1.807) is 23.5 Å². The molecular formula is C23H22BrN3O3S. The van der Waals surface area contributed by atoms with Crippen LogP contribution in [0.1, 0.15) is 38.1 Å². The van der Waals surface area contributed by atoms with Crippen LogP contribution in [0.5, 0.6) is 11.5 Å². The third kappa shape index (κ3) is 3.79. The minimum Gasteiger partial charge on any atom is -0.504 e. The zero-order chi connectivity index (χ0) is 21.5. The Hall–Kier alpha value is -2.55. The molecule has 6 nitrogen and oxygen atoms in total. The first-order valence-corrected chi connectivity index (χ1v) is 11.7. The molecule has 1 aromatic heterocycles. The van der Waals surface area contributed by atoms with Crippen LogP contribution < -0.4 is 15.4 Å². The fraction of sp³-hybridized carbons (Fsp3) is 0.261. The van der Waals surface area contributed by atoms with Gasteiger partial charge >= 0.3 is 0 Å². The van der Waals surface area contributed by atoms with Gasteiger partial charge in [-0.1, -0.05) is 46.3 Å². The fourth-order valence-electron chi connectivity index (χ4n) is 4.27. The van der Waals surface area contributed by atoms with Gasteiger partial charge in [0.1, 0.15) is 11.2 Å². The number of hydrogen-bond acceptors (Lipinski definition) is 6. The zero-order valence-corrected chi connectivity index (χ0v) is 19.3. The van der Waals surface area contributed by atoms with Crippen molar-refractivity contribution in [1.29, 1.82) is 0 Å². The van der Waals surface area contributed by atoms with E-state index < -0.39 is 6.17 Å². The lowest BCUT2D eigenvalue weighted by Crippen LogP contribution is -2.39. The molecule has 1 atom stereocenters. The van der Waals surface area contributed by atoms with Crippen molar-refractivity contribution in [3.8, 4) is 11.5 Å². The van der Waals surface area contributed by atoms with Crippen molar-refractivity contribution in [2.75, 3.05) is 19.0 Å². The number of methoxy groups -OCH3 is 1. The van der Waals surface area contributed by atoms with Crippen molar-refractivity contribution in [2.45, 2.75) is 25.7 Å². The quantitative estimate of drug-likeness (QED) is 0.487. The molecule has 8 heteroatoms. The molecule has 0 saturated carbocycles. The Balaban J connectivity index is 1.41. The van der Waals surface area contributed by atoms with Gasteiger partial charge in [-0.05, 0) is 29.7 Å². The number of ether oxygens (including phenoxy) is 1. The Bertz CT molecular complexity index is 1150. The summed E-state index contributed by atoms with van der Waals surface area (Å²) in [6, 6.07) is 13.9. The third-order valence-corrected chi connectivity index (χ3v) is 7.37. The summed E-state index contributed by atoms with van der Waals surface area (Å²) >= 11 is 5.08. The van der Waals surface area contributed by atoms with E-state index in [9.17, 15) is 9.90 Å². The Kier molecular flexibility index (Phi) is 5.37. The third-order valence-electron chi connectivity index (χ3n) is 5.76. The van der Waals surface area contributed by atoms with E-state index in [0.717, 1.165) is 46.7 Å². The number of halogens is 1. The van der Waals surface area contributed by atoms with Crippen LogP contribution in [-0.4, -0.2) is 29.6 Å². The number of phenols is 1. The first-order valence-electron chi connectivity index (χ1n) is 10.1. The summed E-state index contributed by atoms with van der Waals surface area (Å²) < 4.78 is 6.02. The molecule has 3 aromatic rings. The van der Waals surface area contributed by atoms with E-state index in [-0.39, 0.29) is 11.7 Å². The molecule has 0 aliphatic carbocycles. The van der Waals surface area contributed by atoms with E-state index in [4.69, 9.17) is 4.74 Å². The van der Waals surface area contributed by atoms with Crippen LogP contribution >= 0.6 is 27.3 Å². The maximum Gasteiger partial charge on any atom is 0.256 e. The summed E-state index contributed by atoms with van der Waals surface area (Å²) in [5.41, 5.74) is 3.74. The average Bonchev–Trinajstić information content (AvgIpc) is 3.13. The van der Waals surface area contributed by atoms with Crippen molar-refractivity contribution in [3.63, 3.8) is 0 Å². The SMILES string of the molecule is COc1cc(Br)cc([C@@H]2NC(=O)c3c(sc4c3CCN(Cc3ccccc3)C4)N2)c1O. The first-order chi connectivity index (χ1) is 15.0. The van der Waals surface area contributed by atoms with Gasteiger partial charge in [0.2, 0.25) is 0 Å². The number of nitrogens with zero attached hydrogens (tertiary/aromatic N) is 1. The monoisotopic (exact) mass is 499 g/mol. The van der Waals surface area contributed by atoms with Crippen LogP contribution in [0.3, 0.4) is 0 Å². The van der Waals surface area contributed by atoms with Gasteiger partial charge in [0.25, 0.3) is 5.91 Å². The summed E-state index contributed by atoms with van der Waals surface area (Å²) in [7, 11) is 1.50. The highest BCUT2D eigenvalue weighted by molar-refractivity contribution is 9.10. The van der Waals surface area contributed by atoms with Gasteiger partial charge < -0.3 is 20.5 Å². The molecule has 0 fully saturated rings. The van der Waals surface area contributed by atoms with Gasteiger partial charge in [-0.25, -0.2) is 0 Å². The average molecular weight is 500 g/mol. The van der Waals surface area contributed by atoms with Gasteiger partial charge in [0, 0.05) is 34.5 Å². The second kappa shape index (κ2) is 8.18. The molecule has 0 spiro atoms. The van der Waals surface area contributed by atoms with Gasteiger partial charge in [-0.3, -0.25) is 9.69 Å². The molecule has 0 radical (unpaired) electrons. The lowest BCUT2D eigenvalue weighted by Gasteiger charge is -2.29. The number of phenolic OH excluding ortho intramolecular Hbond substituents is 1. The summed E-state index contributed by atoms with van der Waals surface area (Å²) in [6.45, 7) is 2.65. The highest BCUT2D eigenvalue weighted by Gasteiger charge is 2.34. The van der Waals surface area contributed by atoms with Gasteiger partial charge in [-0.2, -0.15) is 0 Å². The van der Waals surface area contributed by atoms with E-state index in [2.05, 4.69) is 55.7 Å². The molecule has 3 N–H and O–H groups in total. The number of aromatic hydroxyl groups is 1. The van der Waals surface area contributed by atoms with Crippen molar-refractivity contribution in [2.24, 2.45) is 0 Å². The highest BCUT2D eigenvalue weighted by atomic mass is 79.9. The number of hydrogen-bond donors (Lipinski definition) is 3. The van der Waals surface area contributed by atoms with Crippen LogP contribution in [-0.2, 0) is 19.5 Å². The molecular weight excluding hydrogens is 478 g/mol. The van der Waals surface area contributed by atoms with Crippen LogP contribution in [0.4, 0.5) is 5.00 Å². The number of nitrogens with one attached hydrogen (secondary N) is 2. The highest BCUT2D eigenvalue weighted by Crippen LogP contribution is 2.43. The van der Waals surface area contributed by atoms with Crippen molar-refractivity contribution in [1.82, 2.24) is 10.2 Å². The standard InChI is InChI=1S/C23H22BrN3O3S/c1-30-17-10-14(24)9-16(20(17)28)21-25-22(29)19-15-7-8-27(11-13-5-3-2-4-6-13)12-18(15)31-23(19)26-21/h2-6,9-10,21,26,28H,7-8,11-12H2,1H3,(H,25,29)/t21-/m1/s1. The van der Waals surface area contributed by atoms with E-state index in [0.29, 0.717) is 11.3 Å². The number of rotatable bonds is 4. The molecule has 2 aliphatic rings. The van der Waals surface area contributed by atoms with E-state index in [1.807, 2.05) is 6.07 Å². The molecule has 0 saturated heterocycles. The lowest BCUT2D eigenvalue weighted by atomic mass is 9.99. The number of carbonyl (C=O) groups excluding carboxylic acids is 1. The van der Waals surface area contributed by atoms with E-state index in [1.165, 1.54) is 17.6 Å². The minimum atomic E-state index is -0.535. The predicted octanol–water partition coefficient (Wildman–Crippen LogP) is 4.64. The maximum absolute atomic E-state index is 13.0. The Morgan fingerprint density at radius 1 is 1.26 bits per heavy atom. The first kappa shape index (κ1) is 20.4. The topological polar surface area (TPSA) is 73.8 Å². The molecule has 1 amide bonds. The molecule has 2 aliphatic heterocycles. The molecule has 0 unspecified atom stereocenters. The largest absolute Gasteiger partial charge is 0.504 e. The van der Waals surface area contributed by atoms with Crippen LogP contribution in [0.15, 0.2) is 46.9 Å². The second-order valence-electron chi connectivity index (χ2n) is 7.75. The number of anilines is 1. The lowest BCUT2D eigenvalue weighted by molar-refractivity contribution is 0.0934. The number of carbonyl (C=O) groups is 1. The Morgan fingerprint density at radius 2 is 2.06 bits per heavy atom. The van der Waals surface area contributed by atoms with Crippen LogP contribution in [0, 0.1) is 0 Å². The summed E-state index contributed by atoms with van der Waals surface area (Å²) in [6.07, 6.45) is 0.316. The van der Waals surface area contributed by atoms with Crippen LogP contribution in [0.2, 0.25) is 0 Å². The number of thiophene rings is 1. The van der Waals surface area contributed by atoms with E-state index >= 15 is 0 Å². The molecule has 2 aromatic carbocycles.